The number of aromatic nitrogens is 6. The molecule has 9 nitrogen and oxygen atoms in total. The van der Waals surface area contributed by atoms with E-state index in [1.54, 1.807) is 23.8 Å². The minimum atomic E-state index is -2.46. The number of nitrogens with one attached hydrogen (secondary N) is 1. The van der Waals surface area contributed by atoms with E-state index in [0.29, 0.717) is 28.9 Å². The summed E-state index contributed by atoms with van der Waals surface area (Å²) in [6.07, 6.45) is 7.97. The quantitative estimate of drug-likeness (QED) is 0.393. The highest BCUT2D eigenvalue weighted by Crippen LogP contribution is 2.30. The van der Waals surface area contributed by atoms with Crippen LogP contribution in [0.4, 0.5) is 14.7 Å². The summed E-state index contributed by atoms with van der Waals surface area (Å²) in [6.45, 7) is 6.94. The van der Waals surface area contributed by atoms with E-state index in [1.807, 2.05) is 18.3 Å². The molecule has 0 amide bonds. The van der Waals surface area contributed by atoms with Gasteiger partial charge in [-0.15, -0.1) is 5.10 Å². The van der Waals surface area contributed by atoms with Gasteiger partial charge in [0.1, 0.15) is 5.82 Å². The molecule has 0 radical (unpaired) electrons. The van der Waals surface area contributed by atoms with E-state index in [-0.39, 0.29) is 0 Å². The van der Waals surface area contributed by atoms with Crippen LogP contribution in [0.1, 0.15) is 31.5 Å². The molecule has 4 aromatic rings. The molecule has 6 rings (SSSR count). The second kappa shape index (κ2) is 10.5. The SMILES string of the molecule is Cc1nc2ncc(-c3ccn4nc(NC[C@H]5CC[C@H](N6CCN(C)CC6)CC5)ncc34)cc2n1CC(F)F. The van der Waals surface area contributed by atoms with Crippen LogP contribution in [0.15, 0.2) is 30.7 Å². The molecule has 11 heteroatoms. The molecule has 5 heterocycles. The van der Waals surface area contributed by atoms with Crippen LogP contribution in [0.5, 0.6) is 0 Å². The molecule has 4 aromatic heterocycles. The topological polar surface area (TPSA) is 79.4 Å². The van der Waals surface area contributed by atoms with E-state index in [0.717, 1.165) is 29.2 Å². The van der Waals surface area contributed by atoms with Gasteiger partial charge in [0.2, 0.25) is 5.95 Å². The van der Waals surface area contributed by atoms with Gasteiger partial charge in [-0.25, -0.2) is 28.2 Å². The van der Waals surface area contributed by atoms with Crippen molar-refractivity contribution in [3.8, 4) is 11.1 Å². The number of piperazine rings is 1. The molecule has 0 atom stereocenters. The van der Waals surface area contributed by atoms with Gasteiger partial charge in [0.25, 0.3) is 6.43 Å². The third-order valence-electron chi connectivity index (χ3n) is 8.26. The first-order chi connectivity index (χ1) is 18.4. The molecule has 2 fully saturated rings. The molecular weight excluding hydrogens is 488 g/mol. The van der Waals surface area contributed by atoms with E-state index in [9.17, 15) is 8.78 Å². The number of imidazole rings is 1. The van der Waals surface area contributed by atoms with Crippen molar-refractivity contribution in [2.24, 2.45) is 5.92 Å². The Hall–Kier alpha value is -3.18. The number of halogens is 2. The molecule has 0 spiro atoms. The number of hydrogen-bond acceptors (Lipinski definition) is 7. The number of hydrogen-bond donors (Lipinski definition) is 1. The van der Waals surface area contributed by atoms with Gasteiger partial charge >= 0.3 is 0 Å². The van der Waals surface area contributed by atoms with E-state index in [2.05, 4.69) is 42.2 Å². The van der Waals surface area contributed by atoms with Crippen molar-refractivity contribution in [2.75, 3.05) is 45.1 Å². The zero-order chi connectivity index (χ0) is 26.2. The number of alkyl halides is 2. The van der Waals surface area contributed by atoms with E-state index in [4.69, 9.17) is 0 Å². The lowest BCUT2D eigenvalue weighted by Crippen LogP contribution is -2.50. The molecule has 2 aliphatic rings. The van der Waals surface area contributed by atoms with Crippen molar-refractivity contribution in [1.82, 2.24) is 38.9 Å². The Morgan fingerprint density at radius 2 is 1.82 bits per heavy atom. The van der Waals surface area contributed by atoms with Gasteiger partial charge in [-0.3, -0.25) is 4.90 Å². The van der Waals surface area contributed by atoms with Crippen molar-refractivity contribution in [3.05, 3.63) is 36.5 Å². The van der Waals surface area contributed by atoms with Crippen LogP contribution in [0, 0.1) is 12.8 Å². The standard InChI is InChI=1S/C27H35F2N9/c1-18-33-26-23(37(18)17-25(28)29)13-20(15-30-26)22-7-8-38-24(22)16-32-27(34-38)31-14-19-3-5-21(6-4-19)36-11-9-35(2)10-12-36/h7-8,13,15-16,19,21,25H,3-6,9-12,14,17H2,1-2H3,(H,31,34)/t19-,21-. The van der Waals surface area contributed by atoms with Crippen molar-refractivity contribution in [1.29, 1.82) is 0 Å². The van der Waals surface area contributed by atoms with Gasteiger partial charge in [-0.05, 0) is 57.7 Å². The van der Waals surface area contributed by atoms with Gasteiger partial charge < -0.3 is 14.8 Å². The van der Waals surface area contributed by atoms with E-state index < -0.39 is 13.0 Å². The third kappa shape index (κ3) is 5.09. The maximum atomic E-state index is 13.1. The smallest absolute Gasteiger partial charge is 0.256 e. The number of anilines is 1. The second-order valence-electron chi connectivity index (χ2n) is 10.8. The maximum Gasteiger partial charge on any atom is 0.256 e. The predicted molar refractivity (Wildman–Crippen MR) is 144 cm³/mol. The molecule has 0 aromatic carbocycles. The molecular formula is C27H35F2N9. The van der Waals surface area contributed by atoms with E-state index in [1.165, 1.54) is 56.4 Å². The lowest BCUT2D eigenvalue weighted by atomic mass is 9.85. The predicted octanol–water partition coefficient (Wildman–Crippen LogP) is 3.93. The van der Waals surface area contributed by atoms with E-state index >= 15 is 0 Å². The summed E-state index contributed by atoms with van der Waals surface area (Å²) in [5.41, 5.74) is 3.62. The Bertz CT molecular complexity index is 1400. The fraction of sp³-hybridized carbons (Fsp3) is 0.556. The summed E-state index contributed by atoms with van der Waals surface area (Å²) in [5.74, 6) is 1.77. The number of aryl methyl sites for hydroxylation is 1. The van der Waals surface area contributed by atoms with Crippen molar-refractivity contribution in [3.63, 3.8) is 0 Å². The highest BCUT2D eigenvalue weighted by molar-refractivity contribution is 5.85. The summed E-state index contributed by atoms with van der Waals surface area (Å²) in [6, 6.07) is 4.55. The molecule has 0 bridgehead atoms. The Labute approximate surface area is 220 Å². The first-order valence-corrected chi connectivity index (χ1v) is 13.6. The van der Waals surface area contributed by atoms with Crippen LogP contribution in [0.3, 0.4) is 0 Å². The molecule has 1 aliphatic carbocycles. The first-order valence-electron chi connectivity index (χ1n) is 13.6. The van der Waals surface area contributed by atoms with Gasteiger partial charge in [0, 0.05) is 62.3 Å². The Morgan fingerprint density at radius 1 is 1.03 bits per heavy atom. The first kappa shape index (κ1) is 25.1. The number of rotatable bonds is 7. The average Bonchev–Trinajstić information content (AvgIpc) is 3.48. The van der Waals surface area contributed by atoms with Gasteiger partial charge in [-0.2, -0.15) is 0 Å². The summed E-state index contributed by atoms with van der Waals surface area (Å²) in [4.78, 5) is 18.4. The van der Waals surface area contributed by atoms with Crippen LogP contribution in [0.2, 0.25) is 0 Å². The Kier molecular flexibility index (Phi) is 6.96. The van der Waals surface area contributed by atoms with Crippen molar-refractivity contribution in [2.45, 2.75) is 51.6 Å². The van der Waals surface area contributed by atoms with Crippen LogP contribution < -0.4 is 5.32 Å². The molecule has 1 saturated heterocycles. The fourth-order valence-corrected chi connectivity index (χ4v) is 6.00. The number of likely N-dealkylation sites (N-methyl/N-ethyl adjacent to an activating group) is 1. The van der Waals surface area contributed by atoms with Crippen LogP contribution in [-0.4, -0.2) is 91.2 Å². The van der Waals surface area contributed by atoms with Crippen molar-refractivity contribution >= 4 is 22.6 Å². The average molecular weight is 524 g/mol. The maximum absolute atomic E-state index is 13.1. The molecule has 1 N–H and O–H groups in total. The monoisotopic (exact) mass is 523 g/mol. The van der Waals surface area contributed by atoms with Gasteiger partial charge in [0.05, 0.1) is 23.8 Å². The van der Waals surface area contributed by atoms with Crippen LogP contribution in [0.25, 0.3) is 27.8 Å². The van der Waals surface area contributed by atoms with Crippen LogP contribution in [-0.2, 0) is 6.54 Å². The zero-order valence-electron chi connectivity index (χ0n) is 22.0. The Balaban J connectivity index is 1.11. The second-order valence-corrected chi connectivity index (χ2v) is 10.8. The lowest BCUT2D eigenvalue weighted by molar-refractivity contribution is 0.0825. The summed E-state index contributed by atoms with van der Waals surface area (Å²) >= 11 is 0. The van der Waals surface area contributed by atoms with Gasteiger partial charge in [0.15, 0.2) is 5.65 Å². The molecule has 1 aliphatic heterocycles. The minimum Gasteiger partial charge on any atom is -0.353 e. The highest BCUT2D eigenvalue weighted by atomic mass is 19.3. The largest absolute Gasteiger partial charge is 0.353 e. The highest BCUT2D eigenvalue weighted by Gasteiger charge is 2.27. The lowest BCUT2D eigenvalue weighted by Gasteiger charge is -2.41. The molecule has 38 heavy (non-hydrogen) atoms. The number of nitrogens with zero attached hydrogens (tertiary/aromatic N) is 8. The fourth-order valence-electron chi connectivity index (χ4n) is 6.00. The van der Waals surface area contributed by atoms with Gasteiger partial charge in [-0.1, -0.05) is 0 Å². The normalized spacial score (nSPS) is 21.6. The Morgan fingerprint density at radius 3 is 2.58 bits per heavy atom. The molecule has 202 valence electrons. The summed E-state index contributed by atoms with van der Waals surface area (Å²) in [5, 5.41) is 8.12. The molecule has 1 saturated carbocycles. The van der Waals surface area contributed by atoms with Crippen molar-refractivity contribution < 1.29 is 8.78 Å². The number of pyridine rings is 1. The third-order valence-corrected chi connectivity index (χ3v) is 8.26. The van der Waals surface area contributed by atoms with Crippen LogP contribution >= 0.6 is 0 Å². The number of fused-ring (bicyclic) bond motifs is 2. The summed E-state index contributed by atoms with van der Waals surface area (Å²) < 4.78 is 29.6. The minimum absolute atomic E-state index is 0.403. The summed E-state index contributed by atoms with van der Waals surface area (Å²) in [7, 11) is 2.21. The zero-order valence-corrected chi connectivity index (χ0v) is 22.0. The molecule has 0 unspecified atom stereocenters.